The van der Waals surface area contributed by atoms with Crippen LogP contribution in [0, 0.1) is 5.92 Å². The van der Waals surface area contributed by atoms with Crippen LogP contribution < -0.4 is 9.47 Å². The van der Waals surface area contributed by atoms with Crippen LogP contribution in [0.2, 0.25) is 0 Å². The molecule has 7 heteroatoms. The lowest BCUT2D eigenvalue weighted by molar-refractivity contribution is -0.149. The van der Waals surface area contributed by atoms with Gasteiger partial charge in [0.1, 0.15) is 11.5 Å². The molecule has 2 rings (SSSR count). The van der Waals surface area contributed by atoms with Gasteiger partial charge in [-0.3, -0.25) is 4.79 Å². The van der Waals surface area contributed by atoms with E-state index in [-0.39, 0.29) is 32.0 Å². The topological polar surface area (TPSA) is 59.0 Å². The molecule has 1 aromatic carbocycles. The fourth-order valence-electron chi connectivity index (χ4n) is 2.48. The molecule has 1 unspecified atom stereocenters. The molecular weight excluding hydrogens is 308 g/mol. The van der Waals surface area contributed by atoms with Crippen molar-refractivity contribution in [1.29, 1.82) is 0 Å². The minimum atomic E-state index is -2.91. The predicted octanol–water partition coefficient (Wildman–Crippen LogP) is 1.94. The summed E-state index contributed by atoms with van der Waals surface area (Å²) in [7, 11) is 1.57. The molecule has 1 amide bonds. The maximum absolute atomic E-state index is 13.5. The summed E-state index contributed by atoms with van der Waals surface area (Å²) >= 11 is 0. The number of alkyl halides is 2. The number of likely N-dealkylation sites (tertiary alicyclic amines) is 1. The standard InChI is InChI=1S/C16H21F2NO4/c1-22-13-2-4-14(5-3-13)23-9-6-15(21)19-8-7-16(17,18)12(10-19)11-20/h2-5,12,20H,6-11H2,1H3. The van der Waals surface area contributed by atoms with Crippen molar-refractivity contribution in [3.05, 3.63) is 24.3 Å². The van der Waals surface area contributed by atoms with E-state index < -0.39 is 24.9 Å². The molecule has 1 heterocycles. The highest BCUT2D eigenvalue weighted by molar-refractivity contribution is 5.76. The van der Waals surface area contributed by atoms with E-state index in [0.29, 0.717) is 11.5 Å². The summed E-state index contributed by atoms with van der Waals surface area (Å²) in [5.41, 5.74) is 0. The second kappa shape index (κ2) is 7.59. The number of carbonyl (C=O) groups is 1. The van der Waals surface area contributed by atoms with Crippen molar-refractivity contribution >= 4 is 5.91 Å². The van der Waals surface area contributed by atoms with Crippen LogP contribution in [0.15, 0.2) is 24.3 Å². The van der Waals surface area contributed by atoms with E-state index in [9.17, 15) is 13.6 Å². The maximum Gasteiger partial charge on any atom is 0.256 e. The van der Waals surface area contributed by atoms with Gasteiger partial charge in [-0.15, -0.1) is 0 Å². The van der Waals surface area contributed by atoms with Crippen LogP contribution in [-0.4, -0.2) is 55.2 Å². The van der Waals surface area contributed by atoms with Gasteiger partial charge in [0.15, 0.2) is 0 Å². The predicted molar refractivity (Wildman–Crippen MR) is 79.8 cm³/mol. The Labute approximate surface area is 133 Å². The number of carbonyl (C=O) groups excluding carboxylic acids is 1. The van der Waals surface area contributed by atoms with Crippen LogP contribution in [-0.2, 0) is 4.79 Å². The number of hydrogen-bond acceptors (Lipinski definition) is 4. The summed E-state index contributed by atoms with van der Waals surface area (Å²) in [6.07, 6.45) is -0.306. The van der Waals surface area contributed by atoms with E-state index in [0.717, 1.165) is 0 Å². The van der Waals surface area contributed by atoms with E-state index in [1.165, 1.54) is 4.90 Å². The third-order valence-electron chi connectivity index (χ3n) is 3.97. The first-order valence-corrected chi connectivity index (χ1v) is 7.49. The second-order valence-electron chi connectivity index (χ2n) is 5.50. The number of hydrogen-bond donors (Lipinski definition) is 1. The van der Waals surface area contributed by atoms with Crippen molar-refractivity contribution in [1.82, 2.24) is 4.90 Å². The number of aliphatic hydroxyl groups is 1. The first kappa shape index (κ1) is 17.5. The molecule has 0 bridgehead atoms. The zero-order valence-corrected chi connectivity index (χ0v) is 13.0. The highest BCUT2D eigenvalue weighted by Crippen LogP contribution is 2.33. The van der Waals surface area contributed by atoms with Gasteiger partial charge in [0, 0.05) is 19.5 Å². The molecule has 5 nitrogen and oxygen atoms in total. The number of ether oxygens (including phenoxy) is 2. The number of amides is 1. The Morgan fingerprint density at radius 1 is 1.35 bits per heavy atom. The molecule has 1 saturated heterocycles. The molecule has 0 spiro atoms. The van der Waals surface area contributed by atoms with Crippen LogP contribution in [0.1, 0.15) is 12.8 Å². The van der Waals surface area contributed by atoms with Crippen molar-refractivity contribution in [2.24, 2.45) is 5.92 Å². The lowest BCUT2D eigenvalue weighted by Crippen LogP contribution is -2.50. The normalized spacial score (nSPS) is 20.2. The van der Waals surface area contributed by atoms with Crippen LogP contribution in [0.4, 0.5) is 8.78 Å². The van der Waals surface area contributed by atoms with Crippen molar-refractivity contribution in [3.63, 3.8) is 0 Å². The Balaban J connectivity index is 1.78. The van der Waals surface area contributed by atoms with Gasteiger partial charge in [-0.25, -0.2) is 8.78 Å². The minimum Gasteiger partial charge on any atom is -0.497 e. The van der Waals surface area contributed by atoms with E-state index >= 15 is 0 Å². The summed E-state index contributed by atoms with van der Waals surface area (Å²) in [4.78, 5) is 13.4. The van der Waals surface area contributed by atoms with Crippen molar-refractivity contribution in [2.75, 3.05) is 33.4 Å². The van der Waals surface area contributed by atoms with Crippen LogP contribution in [0.25, 0.3) is 0 Å². The molecule has 23 heavy (non-hydrogen) atoms. The van der Waals surface area contributed by atoms with Crippen LogP contribution >= 0.6 is 0 Å². The summed E-state index contributed by atoms with van der Waals surface area (Å²) in [6, 6.07) is 6.95. The van der Waals surface area contributed by atoms with Gasteiger partial charge in [0.05, 0.1) is 32.7 Å². The van der Waals surface area contributed by atoms with E-state index in [1.54, 1.807) is 31.4 Å². The number of aliphatic hydroxyl groups excluding tert-OH is 1. The molecule has 1 N–H and O–H groups in total. The van der Waals surface area contributed by atoms with E-state index in [1.807, 2.05) is 0 Å². The first-order valence-electron chi connectivity index (χ1n) is 7.49. The fourth-order valence-corrected chi connectivity index (χ4v) is 2.48. The quantitative estimate of drug-likeness (QED) is 0.866. The van der Waals surface area contributed by atoms with Crippen LogP contribution in [0.5, 0.6) is 11.5 Å². The number of rotatable bonds is 6. The molecule has 1 aliphatic rings. The van der Waals surface area contributed by atoms with Gasteiger partial charge >= 0.3 is 0 Å². The Morgan fingerprint density at radius 2 is 2.00 bits per heavy atom. The summed E-state index contributed by atoms with van der Waals surface area (Å²) in [5.74, 6) is -3.03. The highest BCUT2D eigenvalue weighted by Gasteiger charge is 2.44. The van der Waals surface area contributed by atoms with Crippen LogP contribution in [0.3, 0.4) is 0 Å². The third kappa shape index (κ3) is 4.54. The zero-order chi connectivity index (χ0) is 16.9. The second-order valence-corrected chi connectivity index (χ2v) is 5.50. The largest absolute Gasteiger partial charge is 0.497 e. The van der Waals surface area contributed by atoms with Gasteiger partial charge in [-0.05, 0) is 24.3 Å². The first-order chi connectivity index (χ1) is 11.0. The molecular formula is C16H21F2NO4. The lowest BCUT2D eigenvalue weighted by Gasteiger charge is -2.37. The Morgan fingerprint density at radius 3 is 2.61 bits per heavy atom. The number of benzene rings is 1. The molecule has 1 aliphatic heterocycles. The molecule has 0 radical (unpaired) electrons. The maximum atomic E-state index is 13.5. The smallest absolute Gasteiger partial charge is 0.256 e. The van der Waals surface area contributed by atoms with Gasteiger partial charge in [-0.1, -0.05) is 0 Å². The average molecular weight is 329 g/mol. The Bertz CT molecular complexity index is 521. The Hall–Kier alpha value is -1.89. The number of piperidine rings is 1. The minimum absolute atomic E-state index is 0.00483. The third-order valence-corrected chi connectivity index (χ3v) is 3.97. The molecule has 1 fully saturated rings. The number of methoxy groups -OCH3 is 1. The summed E-state index contributed by atoms with van der Waals surface area (Å²) < 4.78 is 37.5. The molecule has 0 aromatic heterocycles. The number of halogens is 2. The van der Waals surface area contributed by atoms with Gasteiger partial charge in [-0.2, -0.15) is 0 Å². The van der Waals surface area contributed by atoms with E-state index in [4.69, 9.17) is 14.6 Å². The monoisotopic (exact) mass is 329 g/mol. The van der Waals surface area contributed by atoms with Gasteiger partial charge in [0.2, 0.25) is 5.91 Å². The average Bonchev–Trinajstić information content (AvgIpc) is 2.55. The summed E-state index contributed by atoms with van der Waals surface area (Å²) in [5, 5.41) is 9.04. The zero-order valence-electron chi connectivity index (χ0n) is 13.0. The van der Waals surface area contributed by atoms with Crippen molar-refractivity contribution < 1.29 is 28.2 Å². The molecule has 128 valence electrons. The molecule has 1 atom stereocenters. The van der Waals surface area contributed by atoms with Gasteiger partial charge in [0.25, 0.3) is 5.92 Å². The highest BCUT2D eigenvalue weighted by atomic mass is 19.3. The molecule has 0 aliphatic carbocycles. The SMILES string of the molecule is COc1ccc(OCCC(=O)N2CCC(F)(F)C(CO)C2)cc1. The Kier molecular flexibility index (Phi) is 5.76. The summed E-state index contributed by atoms with van der Waals surface area (Å²) in [6.45, 7) is -0.573. The van der Waals surface area contributed by atoms with E-state index in [2.05, 4.69) is 0 Å². The lowest BCUT2D eigenvalue weighted by atomic mass is 9.94. The molecule has 1 aromatic rings. The van der Waals surface area contributed by atoms with Gasteiger partial charge < -0.3 is 19.5 Å². The number of nitrogens with zero attached hydrogens (tertiary/aromatic N) is 1. The van der Waals surface area contributed by atoms with Crippen molar-refractivity contribution in [3.8, 4) is 11.5 Å². The van der Waals surface area contributed by atoms with Crippen molar-refractivity contribution in [2.45, 2.75) is 18.8 Å². The fraction of sp³-hybridized carbons (Fsp3) is 0.562. The molecule has 0 saturated carbocycles.